The van der Waals surface area contributed by atoms with Crippen molar-refractivity contribution in [1.82, 2.24) is 4.90 Å². The minimum absolute atomic E-state index is 1.24. The molecule has 0 aliphatic carbocycles. The van der Waals surface area contributed by atoms with Crippen LogP contribution in [0.4, 0.5) is 0 Å². The van der Waals surface area contributed by atoms with E-state index in [0.29, 0.717) is 0 Å². The molecule has 1 aromatic rings. The highest BCUT2D eigenvalue weighted by Crippen LogP contribution is 2.11. The van der Waals surface area contributed by atoms with Crippen LogP contribution in [0.3, 0.4) is 0 Å². The van der Waals surface area contributed by atoms with E-state index in [-0.39, 0.29) is 0 Å². The molecule has 0 aliphatic heterocycles. The number of nitrogens with zero attached hydrogens (tertiary/aromatic N) is 1. The molecule has 0 saturated carbocycles. The fourth-order valence-corrected chi connectivity index (χ4v) is 3.51. The molecule has 0 saturated heterocycles. The van der Waals surface area contributed by atoms with Crippen LogP contribution in [-0.2, 0) is 6.42 Å². The monoisotopic (exact) mass is 345 g/mol. The van der Waals surface area contributed by atoms with Gasteiger partial charge in [-0.3, -0.25) is 0 Å². The molecule has 0 atom stereocenters. The summed E-state index contributed by atoms with van der Waals surface area (Å²) in [5, 5.41) is 0. The molecular weight excluding hydrogens is 302 g/mol. The van der Waals surface area contributed by atoms with Gasteiger partial charge in [-0.05, 0) is 51.4 Å². The van der Waals surface area contributed by atoms with E-state index in [1.165, 1.54) is 109 Å². The van der Waals surface area contributed by atoms with Crippen LogP contribution < -0.4 is 0 Å². The summed E-state index contributed by atoms with van der Waals surface area (Å²) in [6.45, 7) is 4.85. The van der Waals surface area contributed by atoms with Gasteiger partial charge in [-0.1, -0.05) is 101 Å². The highest BCUT2D eigenvalue weighted by molar-refractivity contribution is 5.14. The third-order valence-electron chi connectivity index (χ3n) is 5.24. The van der Waals surface area contributed by atoms with Crippen molar-refractivity contribution in [1.29, 1.82) is 0 Å². The van der Waals surface area contributed by atoms with E-state index in [1.54, 1.807) is 0 Å². The molecule has 1 rings (SSSR count). The smallest absolute Gasteiger partial charge is 0.00218 e. The Balaban J connectivity index is 1.80. The Bertz CT molecular complexity index is 373. The van der Waals surface area contributed by atoms with Crippen LogP contribution in [-0.4, -0.2) is 25.0 Å². The summed E-state index contributed by atoms with van der Waals surface area (Å²) >= 11 is 0. The molecule has 0 aromatic heterocycles. The number of hydrogen-bond acceptors (Lipinski definition) is 1. The number of hydrogen-bond donors (Lipinski definition) is 0. The number of unbranched alkanes of at least 4 members (excludes halogenated alkanes) is 11. The van der Waals surface area contributed by atoms with Crippen LogP contribution in [0.1, 0.15) is 96.0 Å². The first kappa shape index (κ1) is 22.2. The normalized spacial score (nSPS) is 11.3. The number of aryl methyl sites for hydroxylation is 1. The Labute approximate surface area is 158 Å². The Morgan fingerprint density at radius 2 is 1.08 bits per heavy atom. The molecular formula is C24H43N. The molecule has 1 aromatic carbocycles. The Morgan fingerprint density at radius 1 is 0.600 bits per heavy atom. The van der Waals surface area contributed by atoms with Crippen molar-refractivity contribution in [2.75, 3.05) is 20.1 Å². The van der Waals surface area contributed by atoms with Gasteiger partial charge in [0.2, 0.25) is 0 Å². The second-order valence-electron chi connectivity index (χ2n) is 7.78. The first-order valence-electron chi connectivity index (χ1n) is 11.1. The van der Waals surface area contributed by atoms with Gasteiger partial charge in [-0.2, -0.15) is 0 Å². The molecule has 1 heteroatoms. The molecule has 0 unspecified atom stereocenters. The van der Waals surface area contributed by atoms with Crippen LogP contribution in [0.15, 0.2) is 30.3 Å². The quantitative estimate of drug-likeness (QED) is 0.269. The van der Waals surface area contributed by atoms with Gasteiger partial charge in [0.25, 0.3) is 0 Å². The summed E-state index contributed by atoms with van der Waals surface area (Å²) in [7, 11) is 2.30. The molecule has 144 valence electrons. The molecule has 25 heavy (non-hydrogen) atoms. The molecule has 0 aliphatic rings. The van der Waals surface area contributed by atoms with Crippen molar-refractivity contribution in [2.45, 2.75) is 96.8 Å². The molecule has 0 heterocycles. The minimum Gasteiger partial charge on any atom is -0.306 e. The average Bonchev–Trinajstić information content (AvgIpc) is 2.64. The molecule has 0 spiro atoms. The molecule has 0 bridgehead atoms. The number of benzene rings is 1. The highest BCUT2D eigenvalue weighted by Gasteiger charge is 1.99. The molecule has 0 fully saturated rings. The Kier molecular flexibility index (Phi) is 14.8. The molecule has 1 nitrogen and oxygen atoms in total. The molecule has 0 amide bonds. The lowest BCUT2D eigenvalue weighted by molar-refractivity contribution is 0.315. The largest absolute Gasteiger partial charge is 0.306 e. The van der Waals surface area contributed by atoms with Gasteiger partial charge in [-0.15, -0.1) is 0 Å². The maximum absolute atomic E-state index is 2.53. The van der Waals surface area contributed by atoms with Gasteiger partial charge < -0.3 is 4.90 Å². The molecule has 0 N–H and O–H groups in total. The maximum atomic E-state index is 2.53. The fraction of sp³-hybridized carbons (Fsp3) is 0.750. The van der Waals surface area contributed by atoms with Crippen molar-refractivity contribution < 1.29 is 0 Å². The third-order valence-corrected chi connectivity index (χ3v) is 5.24. The van der Waals surface area contributed by atoms with Crippen LogP contribution in [0.5, 0.6) is 0 Å². The van der Waals surface area contributed by atoms with E-state index in [1.807, 2.05) is 0 Å². The Hall–Kier alpha value is -0.820. The van der Waals surface area contributed by atoms with E-state index in [2.05, 4.69) is 49.2 Å². The van der Waals surface area contributed by atoms with Crippen molar-refractivity contribution in [3.05, 3.63) is 35.9 Å². The van der Waals surface area contributed by atoms with Gasteiger partial charge in [0.15, 0.2) is 0 Å². The Morgan fingerprint density at radius 3 is 1.64 bits per heavy atom. The highest BCUT2D eigenvalue weighted by atomic mass is 15.1. The van der Waals surface area contributed by atoms with Crippen LogP contribution in [0.25, 0.3) is 0 Å². The summed E-state index contributed by atoms with van der Waals surface area (Å²) in [5.74, 6) is 0. The lowest BCUT2D eigenvalue weighted by atomic mass is 10.1. The SMILES string of the molecule is CCCCCCCCCCCCN(C)CCCCCc1ccccc1. The summed E-state index contributed by atoms with van der Waals surface area (Å²) in [6.07, 6.45) is 19.6. The zero-order valence-corrected chi connectivity index (χ0v) is 17.1. The van der Waals surface area contributed by atoms with E-state index in [4.69, 9.17) is 0 Å². The van der Waals surface area contributed by atoms with Gasteiger partial charge in [0.05, 0.1) is 0 Å². The van der Waals surface area contributed by atoms with Gasteiger partial charge in [-0.25, -0.2) is 0 Å². The summed E-state index contributed by atoms with van der Waals surface area (Å²) in [5.41, 5.74) is 1.49. The van der Waals surface area contributed by atoms with Gasteiger partial charge in [0, 0.05) is 0 Å². The molecule has 0 radical (unpaired) electrons. The van der Waals surface area contributed by atoms with Gasteiger partial charge in [0.1, 0.15) is 0 Å². The van der Waals surface area contributed by atoms with E-state index in [9.17, 15) is 0 Å². The van der Waals surface area contributed by atoms with Crippen LogP contribution in [0, 0.1) is 0 Å². The van der Waals surface area contributed by atoms with Crippen molar-refractivity contribution in [3.63, 3.8) is 0 Å². The standard InChI is InChI=1S/C24H43N/c1-3-4-5-6-7-8-9-10-11-17-22-25(2)23-18-13-16-21-24-19-14-12-15-20-24/h12,14-15,19-20H,3-11,13,16-18,21-23H2,1-2H3. The average molecular weight is 346 g/mol. The third kappa shape index (κ3) is 14.1. The lowest BCUT2D eigenvalue weighted by Crippen LogP contribution is -2.20. The maximum Gasteiger partial charge on any atom is -0.00218 e. The second-order valence-corrected chi connectivity index (χ2v) is 7.78. The summed E-state index contributed by atoms with van der Waals surface area (Å²) < 4.78 is 0. The predicted molar refractivity (Wildman–Crippen MR) is 113 cm³/mol. The van der Waals surface area contributed by atoms with Crippen molar-refractivity contribution in [2.24, 2.45) is 0 Å². The van der Waals surface area contributed by atoms with E-state index in [0.717, 1.165) is 0 Å². The zero-order chi connectivity index (χ0) is 18.0. The van der Waals surface area contributed by atoms with E-state index >= 15 is 0 Å². The minimum atomic E-state index is 1.24. The van der Waals surface area contributed by atoms with Gasteiger partial charge >= 0.3 is 0 Å². The second kappa shape index (κ2) is 16.6. The van der Waals surface area contributed by atoms with E-state index < -0.39 is 0 Å². The zero-order valence-electron chi connectivity index (χ0n) is 17.1. The van der Waals surface area contributed by atoms with Crippen molar-refractivity contribution >= 4 is 0 Å². The first-order chi connectivity index (χ1) is 12.3. The van der Waals surface area contributed by atoms with Crippen LogP contribution in [0.2, 0.25) is 0 Å². The van der Waals surface area contributed by atoms with Crippen molar-refractivity contribution in [3.8, 4) is 0 Å². The predicted octanol–water partition coefficient (Wildman–Crippen LogP) is 7.25. The number of rotatable bonds is 17. The lowest BCUT2D eigenvalue weighted by Gasteiger charge is -2.16. The first-order valence-corrected chi connectivity index (χ1v) is 11.1. The topological polar surface area (TPSA) is 3.24 Å². The van der Waals surface area contributed by atoms with Crippen LogP contribution >= 0.6 is 0 Å². The summed E-state index contributed by atoms with van der Waals surface area (Å²) in [6, 6.07) is 10.9. The summed E-state index contributed by atoms with van der Waals surface area (Å²) in [4.78, 5) is 2.53. The fourth-order valence-electron chi connectivity index (χ4n) is 3.51.